The van der Waals surface area contributed by atoms with E-state index < -0.39 is 17.7 Å². The van der Waals surface area contributed by atoms with Gasteiger partial charge in [-0.1, -0.05) is 29.8 Å². The van der Waals surface area contributed by atoms with E-state index in [0.717, 1.165) is 17.2 Å². The molecule has 4 heteroatoms. The van der Waals surface area contributed by atoms with Crippen molar-refractivity contribution in [2.45, 2.75) is 13.0 Å². The molecule has 0 bridgehead atoms. The second kappa shape index (κ2) is 5.68. The Hall–Kier alpha value is -1.45. The molecule has 2 aromatic rings. The first-order valence-corrected chi connectivity index (χ1v) is 6.29. The van der Waals surface area contributed by atoms with E-state index in [0.29, 0.717) is 5.02 Å². The van der Waals surface area contributed by atoms with E-state index in [9.17, 15) is 8.78 Å². The summed E-state index contributed by atoms with van der Waals surface area (Å²) >= 11 is 6.01. The SMILES string of the molecule is CNC(c1cc(C)cc(Cl)c1)c1cccc(F)c1F. The summed E-state index contributed by atoms with van der Waals surface area (Å²) in [4.78, 5) is 0. The van der Waals surface area contributed by atoms with Crippen LogP contribution in [0.15, 0.2) is 36.4 Å². The number of nitrogens with one attached hydrogen (secondary N) is 1. The molecule has 0 spiro atoms. The van der Waals surface area contributed by atoms with E-state index in [1.807, 2.05) is 19.1 Å². The van der Waals surface area contributed by atoms with Crippen LogP contribution in [0.25, 0.3) is 0 Å². The number of rotatable bonds is 3. The van der Waals surface area contributed by atoms with Gasteiger partial charge in [0.15, 0.2) is 11.6 Å². The van der Waals surface area contributed by atoms with Gasteiger partial charge in [0.25, 0.3) is 0 Å². The maximum absolute atomic E-state index is 13.9. The smallest absolute Gasteiger partial charge is 0.163 e. The van der Waals surface area contributed by atoms with Crippen LogP contribution in [-0.4, -0.2) is 7.05 Å². The summed E-state index contributed by atoms with van der Waals surface area (Å²) < 4.78 is 27.2. The molecular formula is C15H14ClF2N. The Morgan fingerprint density at radius 2 is 1.89 bits per heavy atom. The number of benzene rings is 2. The molecule has 0 saturated carbocycles. The molecule has 0 radical (unpaired) electrons. The van der Waals surface area contributed by atoms with Crippen LogP contribution in [0.1, 0.15) is 22.7 Å². The fourth-order valence-electron chi connectivity index (χ4n) is 2.18. The minimum Gasteiger partial charge on any atom is -0.309 e. The van der Waals surface area contributed by atoms with Crippen LogP contribution >= 0.6 is 11.6 Å². The number of aryl methyl sites for hydroxylation is 1. The van der Waals surface area contributed by atoms with Gasteiger partial charge >= 0.3 is 0 Å². The van der Waals surface area contributed by atoms with Crippen molar-refractivity contribution in [2.75, 3.05) is 7.05 Å². The molecular weight excluding hydrogens is 268 g/mol. The predicted octanol–water partition coefficient (Wildman–Crippen LogP) is 4.24. The molecule has 2 rings (SSSR count). The van der Waals surface area contributed by atoms with E-state index in [4.69, 9.17) is 11.6 Å². The number of hydrogen-bond donors (Lipinski definition) is 1. The highest BCUT2D eigenvalue weighted by atomic mass is 35.5. The minimum atomic E-state index is -0.850. The Bertz CT molecular complexity index is 578. The van der Waals surface area contributed by atoms with E-state index in [1.165, 1.54) is 6.07 Å². The summed E-state index contributed by atoms with van der Waals surface area (Å²) in [6.45, 7) is 1.91. The quantitative estimate of drug-likeness (QED) is 0.887. The van der Waals surface area contributed by atoms with Gasteiger partial charge in [-0.2, -0.15) is 0 Å². The Morgan fingerprint density at radius 3 is 2.53 bits per heavy atom. The van der Waals surface area contributed by atoms with Gasteiger partial charge in [0.1, 0.15) is 0 Å². The van der Waals surface area contributed by atoms with Crippen molar-refractivity contribution >= 4 is 11.6 Å². The third kappa shape index (κ3) is 2.94. The average Bonchev–Trinajstić information content (AvgIpc) is 2.34. The highest BCUT2D eigenvalue weighted by Crippen LogP contribution is 2.28. The zero-order valence-corrected chi connectivity index (χ0v) is 11.4. The number of hydrogen-bond acceptors (Lipinski definition) is 1. The minimum absolute atomic E-state index is 0.268. The average molecular weight is 282 g/mol. The number of halogens is 3. The molecule has 0 aliphatic carbocycles. The molecule has 0 aliphatic heterocycles. The molecule has 100 valence electrons. The zero-order chi connectivity index (χ0) is 14.0. The van der Waals surface area contributed by atoms with Gasteiger partial charge in [0, 0.05) is 10.6 Å². The van der Waals surface area contributed by atoms with Crippen molar-refractivity contribution in [3.05, 3.63) is 69.7 Å². The van der Waals surface area contributed by atoms with Crippen molar-refractivity contribution < 1.29 is 8.78 Å². The van der Waals surface area contributed by atoms with E-state index in [1.54, 1.807) is 19.2 Å². The maximum Gasteiger partial charge on any atom is 0.163 e. The third-order valence-corrected chi connectivity index (χ3v) is 3.20. The molecule has 1 nitrogen and oxygen atoms in total. The van der Waals surface area contributed by atoms with Gasteiger partial charge < -0.3 is 5.32 Å². The molecule has 0 saturated heterocycles. The lowest BCUT2D eigenvalue weighted by molar-refractivity contribution is 0.487. The molecule has 1 N–H and O–H groups in total. The summed E-state index contributed by atoms with van der Waals surface area (Å²) in [7, 11) is 1.70. The summed E-state index contributed by atoms with van der Waals surface area (Å²) in [6.07, 6.45) is 0. The summed E-state index contributed by atoms with van der Waals surface area (Å²) in [5.74, 6) is -1.68. The largest absolute Gasteiger partial charge is 0.309 e. The Morgan fingerprint density at radius 1 is 1.16 bits per heavy atom. The molecule has 1 atom stereocenters. The topological polar surface area (TPSA) is 12.0 Å². The van der Waals surface area contributed by atoms with Crippen LogP contribution in [0.3, 0.4) is 0 Å². The lowest BCUT2D eigenvalue weighted by Gasteiger charge is -2.19. The monoisotopic (exact) mass is 281 g/mol. The van der Waals surface area contributed by atoms with Crippen LogP contribution in [0.5, 0.6) is 0 Å². The van der Waals surface area contributed by atoms with Crippen molar-refractivity contribution in [1.82, 2.24) is 5.32 Å². The first kappa shape index (κ1) is 14.0. The summed E-state index contributed by atoms with van der Waals surface area (Å²) in [5.41, 5.74) is 2.04. The lowest BCUT2D eigenvalue weighted by Crippen LogP contribution is -2.19. The molecule has 0 heterocycles. The van der Waals surface area contributed by atoms with Crippen molar-refractivity contribution in [2.24, 2.45) is 0 Å². The van der Waals surface area contributed by atoms with Gasteiger partial charge in [-0.15, -0.1) is 0 Å². The van der Waals surface area contributed by atoms with Crippen LogP contribution in [0, 0.1) is 18.6 Å². The molecule has 0 amide bonds. The second-order valence-corrected chi connectivity index (χ2v) is 4.86. The van der Waals surface area contributed by atoms with E-state index in [-0.39, 0.29) is 5.56 Å². The molecule has 0 aliphatic rings. The van der Waals surface area contributed by atoms with Gasteiger partial charge in [-0.25, -0.2) is 8.78 Å². The molecule has 19 heavy (non-hydrogen) atoms. The summed E-state index contributed by atoms with van der Waals surface area (Å²) in [5, 5.41) is 3.57. The van der Waals surface area contributed by atoms with Crippen LogP contribution < -0.4 is 5.32 Å². The zero-order valence-electron chi connectivity index (χ0n) is 10.7. The van der Waals surface area contributed by atoms with Crippen molar-refractivity contribution in [1.29, 1.82) is 0 Å². The van der Waals surface area contributed by atoms with E-state index in [2.05, 4.69) is 5.32 Å². The molecule has 2 aromatic carbocycles. The Labute approximate surface area is 116 Å². The van der Waals surface area contributed by atoms with Gasteiger partial charge in [0.2, 0.25) is 0 Å². The van der Waals surface area contributed by atoms with Gasteiger partial charge in [-0.3, -0.25) is 0 Å². The highest BCUT2D eigenvalue weighted by Gasteiger charge is 2.19. The fourth-order valence-corrected chi connectivity index (χ4v) is 2.47. The van der Waals surface area contributed by atoms with Gasteiger partial charge in [0.05, 0.1) is 6.04 Å². The maximum atomic E-state index is 13.9. The fraction of sp³-hybridized carbons (Fsp3) is 0.200. The summed E-state index contributed by atoms with van der Waals surface area (Å²) in [6, 6.07) is 9.20. The Kier molecular flexibility index (Phi) is 4.17. The van der Waals surface area contributed by atoms with E-state index >= 15 is 0 Å². The Balaban J connectivity index is 2.53. The molecule has 1 unspecified atom stereocenters. The second-order valence-electron chi connectivity index (χ2n) is 4.43. The molecule has 0 aromatic heterocycles. The van der Waals surface area contributed by atoms with Gasteiger partial charge in [-0.05, 0) is 43.3 Å². The third-order valence-electron chi connectivity index (χ3n) is 2.98. The van der Waals surface area contributed by atoms with Crippen LogP contribution in [0.2, 0.25) is 5.02 Å². The first-order valence-electron chi connectivity index (χ1n) is 5.91. The predicted molar refractivity (Wildman–Crippen MR) is 73.4 cm³/mol. The van der Waals surface area contributed by atoms with Crippen molar-refractivity contribution in [3.8, 4) is 0 Å². The van der Waals surface area contributed by atoms with Crippen LogP contribution in [-0.2, 0) is 0 Å². The standard InChI is InChI=1S/C15H14ClF2N/c1-9-6-10(8-11(16)7-9)15(19-2)12-4-3-5-13(17)14(12)18/h3-8,15,19H,1-2H3. The normalized spacial score (nSPS) is 12.5. The van der Waals surface area contributed by atoms with Crippen LogP contribution in [0.4, 0.5) is 8.78 Å². The van der Waals surface area contributed by atoms with Crippen molar-refractivity contribution in [3.63, 3.8) is 0 Å². The lowest BCUT2D eigenvalue weighted by atomic mass is 9.97. The first-order chi connectivity index (χ1) is 9.02. The molecule has 0 fully saturated rings. The highest BCUT2D eigenvalue weighted by molar-refractivity contribution is 6.30.